The number of nitrogens with zero attached hydrogens (tertiary/aromatic N) is 1. The fourth-order valence-corrected chi connectivity index (χ4v) is 4.29. The Morgan fingerprint density at radius 2 is 1.91 bits per heavy atom. The molecule has 2 aliphatic rings. The van der Waals surface area contributed by atoms with Gasteiger partial charge in [-0.25, -0.2) is 13.1 Å². The summed E-state index contributed by atoms with van der Waals surface area (Å²) in [5.41, 5.74) is 0.540. The van der Waals surface area contributed by atoms with Gasteiger partial charge in [0, 0.05) is 30.7 Å². The third kappa shape index (κ3) is 3.73. The molecule has 126 valence electrons. The van der Waals surface area contributed by atoms with Gasteiger partial charge in [0.05, 0.1) is 4.90 Å². The standard InChI is InChI=1S/C16H23N3O3S/c1-17-11-14-3-2-10-19(14)16(20)12-4-8-15(9-5-12)23(21,22)18-13-6-7-13/h4-5,8-9,13-14,17-18H,2-3,6-7,10-11H2,1H3. The van der Waals surface area contributed by atoms with Crippen molar-refractivity contribution >= 4 is 15.9 Å². The number of likely N-dealkylation sites (N-methyl/N-ethyl adjacent to an activating group) is 1. The van der Waals surface area contributed by atoms with E-state index in [9.17, 15) is 13.2 Å². The summed E-state index contributed by atoms with van der Waals surface area (Å²) in [7, 11) is -1.58. The van der Waals surface area contributed by atoms with Crippen LogP contribution in [0.2, 0.25) is 0 Å². The van der Waals surface area contributed by atoms with Gasteiger partial charge < -0.3 is 10.2 Å². The maximum absolute atomic E-state index is 12.6. The lowest BCUT2D eigenvalue weighted by atomic mass is 10.1. The molecule has 0 aromatic heterocycles. The first-order chi connectivity index (χ1) is 11.0. The number of hydrogen-bond acceptors (Lipinski definition) is 4. The van der Waals surface area contributed by atoms with Crippen molar-refractivity contribution in [3.05, 3.63) is 29.8 Å². The second-order valence-electron chi connectivity index (χ2n) is 6.27. The third-order valence-electron chi connectivity index (χ3n) is 4.39. The molecule has 23 heavy (non-hydrogen) atoms. The Bertz CT molecular complexity index is 668. The molecule has 6 nitrogen and oxygen atoms in total. The minimum Gasteiger partial charge on any atom is -0.334 e. The average molecular weight is 337 g/mol. The van der Waals surface area contributed by atoms with Crippen molar-refractivity contribution in [2.45, 2.75) is 42.7 Å². The molecule has 0 bridgehead atoms. The van der Waals surface area contributed by atoms with Crippen molar-refractivity contribution in [1.29, 1.82) is 0 Å². The highest BCUT2D eigenvalue weighted by atomic mass is 32.2. The molecule has 1 saturated heterocycles. The zero-order valence-corrected chi connectivity index (χ0v) is 14.1. The van der Waals surface area contributed by atoms with Crippen molar-refractivity contribution in [3.8, 4) is 0 Å². The molecule has 2 N–H and O–H groups in total. The van der Waals surface area contributed by atoms with Crippen LogP contribution in [-0.4, -0.2) is 51.4 Å². The first-order valence-electron chi connectivity index (χ1n) is 8.09. The molecule has 1 atom stereocenters. The van der Waals surface area contributed by atoms with Crippen LogP contribution in [-0.2, 0) is 10.0 Å². The summed E-state index contributed by atoms with van der Waals surface area (Å²) in [6.45, 7) is 1.54. The van der Waals surface area contributed by atoms with Gasteiger partial charge >= 0.3 is 0 Å². The van der Waals surface area contributed by atoms with Gasteiger partial charge in [-0.2, -0.15) is 0 Å². The molecule has 0 radical (unpaired) electrons. The molecule has 1 saturated carbocycles. The van der Waals surface area contributed by atoms with E-state index in [0.29, 0.717) is 5.56 Å². The topological polar surface area (TPSA) is 78.5 Å². The monoisotopic (exact) mass is 337 g/mol. The normalized spacial score (nSPS) is 21.6. The predicted molar refractivity (Wildman–Crippen MR) is 87.8 cm³/mol. The van der Waals surface area contributed by atoms with Gasteiger partial charge in [0.15, 0.2) is 0 Å². The van der Waals surface area contributed by atoms with E-state index in [1.54, 1.807) is 12.1 Å². The van der Waals surface area contributed by atoms with Crippen LogP contribution in [0.25, 0.3) is 0 Å². The molecule has 7 heteroatoms. The van der Waals surface area contributed by atoms with Gasteiger partial charge in [0.1, 0.15) is 0 Å². The van der Waals surface area contributed by atoms with Crippen LogP contribution in [0.5, 0.6) is 0 Å². The molecule has 3 rings (SSSR count). The molecule has 1 aliphatic heterocycles. The highest BCUT2D eigenvalue weighted by Gasteiger charge is 2.30. The summed E-state index contributed by atoms with van der Waals surface area (Å²) in [5.74, 6) is -0.0261. The lowest BCUT2D eigenvalue weighted by molar-refractivity contribution is 0.0737. The van der Waals surface area contributed by atoms with Gasteiger partial charge in [-0.05, 0) is 57.0 Å². The number of carbonyl (C=O) groups is 1. The first-order valence-corrected chi connectivity index (χ1v) is 9.57. The SMILES string of the molecule is CNCC1CCCN1C(=O)c1ccc(S(=O)(=O)NC2CC2)cc1. The average Bonchev–Trinajstić information content (AvgIpc) is 3.21. The van der Waals surface area contributed by atoms with Gasteiger partial charge in [0.2, 0.25) is 10.0 Å². The molecule has 2 fully saturated rings. The smallest absolute Gasteiger partial charge is 0.254 e. The lowest BCUT2D eigenvalue weighted by Gasteiger charge is -2.24. The molecule has 1 aromatic rings. The Balaban J connectivity index is 1.72. The fourth-order valence-electron chi connectivity index (χ4n) is 2.98. The number of amides is 1. The zero-order valence-electron chi connectivity index (χ0n) is 13.3. The Hall–Kier alpha value is -1.44. The van der Waals surface area contributed by atoms with Gasteiger partial charge in [-0.15, -0.1) is 0 Å². The van der Waals surface area contributed by atoms with Crippen LogP contribution >= 0.6 is 0 Å². The van der Waals surface area contributed by atoms with Crippen molar-refractivity contribution in [2.75, 3.05) is 20.1 Å². The number of carbonyl (C=O) groups excluding carboxylic acids is 1. The minimum atomic E-state index is -3.46. The summed E-state index contributed by atoms with van der Waals surface area (Å²) in [6, 6.07) is 6.54. The zero-order chi connectivity index (χ0) is 16.4. The molecule has 1 heterocycles. The number of hydrogen-bond donors (Lipinski definition) is 2. The van der Waals surface area contributed by atoms with Crippen molar-refractivity contribution < 1.29 is 13.2 Å². The first kappa shape index (κ1) is 16.4. The summed E-state index contributed by atoms with van der Waals surface area (Å²) >= 11 is 0. The Labute approximate surface area is 137 Å². The summed E-state index contributed by atoms with van der Waals surface area (Å²) in [4.78, 5) is 14.7. The number of likely N-dealkylation sites (tertiary alicyclic amines) is 1. The van der Waals surface area contributed by atoms with Gasteiger partial charge in [-0.3, -0.25) is 4.79 Å². The second kappa shape index (κ2) is 6.59. The predicted octanol–water partition coefficient (Wildman–Crippen LogP) is 0.951. The molecular weight excluding hydrogens is 314 g/mol. The lowest BCUT2D eigenvalue weighted by Crippen LogP contribution is -2.40. The van der Waals surface area contributed by atoms with E-state index in [1.807, 2.05) is 11.9 Å². The van der Waals surface area contributed by atoms with E-state index in [-0.39, 0.29) is 22.9 Å². The largest absolute Gasteiger partial charge is 0.334 e. The Morgan fingerprint density at radius 3 is 2.52 bits per heavy atom. The van der Waals surface area contributed by atoms with Crippen LogP contribution in [0.4, 0.5) is 0 Å². The van der Waals surface area contributed by atoms with Crippen LogP contribution in [0.3, 0.4) is 0 Å². The summed E-state index contributed by atoms with van der Waals surface area (Å²) in [6.07, 6.45) is 3.81. The molecule has 1 amide bonds. The molecule has 1 aliphatic carbocycles. The minimum absolute atomic E-state index is 0.0261. The fraction of sp³-hybridized carbons (Fsp3) is 0.562. The molecular formula is C16H23N3O3S. The maximum atomic E-state index is 12.6. The van der Waals surface area contributed by atoms with Gasteiger partial charge in [0.25, 0.3) is 5.91 Å². The van der Waals surface area contributed by atoms with Crippen molar-refractivity contribution in [2.24, 2.45) is 0 Å². The summed E-state index contributed by atoms with van der Waals surface area (Å²) in [5, 5.41) is 3.12. The number of nitrogens with one attached hydrogen (secondary N) is 2. The van der Waals surface area contributed by atoms with E-state index >= 15 is 0 Å². The van der Waals surface area contributed by atoms with Crippen LogP contribution < -0.4 is 10.0 Å². The third-order valence-corrected chi connectivity index (χ3v) is 5.92. The van der Waals surface area contributed by atoms with Crippen LogP contribution in [0.1, 0.15) is 36.0 Å². The van der Waals surface area contributed by atoms with E-state index < -0.39 is 10.0 Å². The molecule has 1 unspecified atom stereocenters. The highest BCUT2D eigenvalue weighted by Crippen LogP contribution is 2.23. The van der Waals surface area contributed by atoms with Crippen molar-refractivity contribution in [3.63, 3.8) is 0 Å². The second-order valence-corrected chi connectivity index (χ2v) is 7.99. The highest BCUT2D eigenvalue weighted by molar-refractivity contribution is 7.89. The summed E-state index contributed by atoms with van der Waals surface area (Å²) < 4.78 is 26.9. The Kier molecular flexibility index (Phi) is 4.70. The number of benzene rings is 1. The number of rotatable bonds is 6. The van der Waals surface area contributed by atoms with E-state index in [2.05, 4.69) is 10.0 Å². The molecule has 0 spiro atoms. The molecule has 1 aromatic carbocycles. The Morgan fingerprint density at radius 1 is 1.22 bits per heavy atom. The maximum Gasteiger partial charge on any atom is 0.254 e. The van der Waals surface area contributed by atoms with Crippen LogP contribution in [0, 0.1) is 0 Å². The van der Waals surface area contributed by atoms with E-state index in [1.165, 1.54) is 12.1 Å². The van der Waals surface area contributed by atoms with Gasteiger partial charge in [-0.1, -0.05) is 0 Å². The van der Waals surface area contributed by atoms with Crippen molar-refractivity contribution in [1.82, 2.24) is 14.9 Å². The van der Waals surface area contributed by atoms with E-state index in [0.717, 1.165) is 38.8 Å². The van der Waals surface area contributed by atoms with Crippen LogP contribution in [0.15, 0.2) is 29.2 Å². The number of sulfonamides is 1. The van der Waals surface area contributed by atoms with E-state index in [4.69, 9.17) is 0 Å². The quantitative estimate of drug-likeness (QED) is 0.810.